The number of nitrogens with zero attached hydrogens (tertiary/aromatic N) is 1. The topological polar surface area (TPSA) is 69.6 Å². The summed E-state index contributed by atoms with van der Waals surface area (Å²) in [5.41, 5.74) is 1.13. The van der Waals surface area contributed by atoms with E-state index in [0.29, 0.717) is 25.9 Å². The van der Waals surface area contributed by atoms with Crippen molar-refractivity contribution in [1.29, 1.82) is 0 Å². The van der Waals surface area contributed by atoms with E-state index >= 15 is 0 Å². The molecule has 0 saturated carbocycles. The fourth-order valence-corrected chi connectivity index (χ4v) is 2.07. The van der Waals surface area contributed by atoms with Gasteiger partial charge < -0.3 is 14.7 Å². The highest BCUT2D eigenvalue weighted by Gasteiger charge is 2.20. The Hall–Kier alpha value is -1.04. The lowest BCUT2D eigenvalue weighted by atomic mass is 10.1. The fraction of sp³-hybridized carbons (Fsp3) is 0.727. The molecule has 0 aromatic heterocycles. The molecule has 1 saturated heterocycles. The molecule has 0 radical (unpaired) electrons. The Bertz CT molecular complexity index is 337. The molecule has 1 aliphatic rings. The SMILES string of the molecule is CC(C)(C)S(=O)NC=C1CCN(C(=O)O)CC1. The normalized spacial score (nSPS) is 18.8. The number of hydrogen-bond acceptors (Lipinski definition) is 2. The second kappa shape index (κ2) is 5.53. The summed E-state index contributed by atoms with van der Waals surface area (Å²) in [6.45, 7) is 6.75. The molecule has 5 nitrogen and oxygen atoms in total. The molecule has 1 aliphatic heterocycles. The second-order valence-corrected chi connectivity index (χ2v) is 7.07. The summed E-state index contributed by atoms with van der Waals surface area (Å²) < 4.78 is 14.3. The van der Waals surface area contributed by atoms with Crippen molar-refractivity contribution < 1.29 is 14.1 Å². The van der Waals surface area contributed by atoms with Crippen molar-refractivity contribution in [1.82, 2.24) is 9.62 Å². The van der Waals surface area contributed by atoms with Gasteiger partial charge in [-0.2, -0.15) is 0 Å². The highest BCUT2D eigenvalue weighted by atomic mass is 32.2. The van der Waals surface area contributed by atoms with Gasteiger partial charge in [0.25, 0.3) is 0 Å². The molecule has 1 fully saturated rings. The molecule has 0 aliphatic carbocycles. The number of nitrogens with one attached hydrogen (secondary N) is 1. The van der Waals surface area contributed by atoms with Crippen LogP contribution in [0.3, 0.4) is 0 Å². The lowest BCUT2D eigenvalue weighted by molar-refractivity contribution is 0.141. The van der Waals surface area contributed by atoms with Gasteiger partial charge in [-0.25, -0.2) is 9.00 Å². The molecule has 1 amide bonds. The summed E-state index contributed by atoms with van der Waals surface area (Å²) in [4.78, 5) is 12.1. The molecule has 0 aromatic carbocycles. The summed E-state index contributed by atoms with van der Waals surface area (Å²) in [6.07, 6.45) is 2.33. The van der Waals surface area contributed by atoms with Gasteiger partial charge in [0.1, 0.15) is 11.0 Å². The smallest absolute Gasteiger partial charge is 0.407 e. The number of rotatable bonds is 2. The van der Waals surface area contributed by atoms with Gasteiger partial charge in [-0.3, -0.25) is 0 Å². The van der Waals surface area contributed by atoms with Gasteiger partial charge in [0.05, 0.1) is 4.75 Å². The van der Waals surface area contributed by atoms with Crippen molar-refractivity contribution in [3.63, 3.8) is 0 Å². The van der Waals surface area contributed by atoms with Crippen LogP contribution in [0.4, 0.5) is 4.79 Å². The van der Waals surface area contributed by atoms with Crippen LogP contribution in [0.1, 0.15) is 33.6 Å². The zero-order valence-electron chi connectivity index (χ0n) is 10.5. The molecule has 1 unspecified atom stereocenters. The molecular formula is C11H20N2O3S. The number of amides is 1. The van der Waals surface area contributed by atoms with Crippen molar-refractivity contribution in [3.8, 4) is 0 Å². The molecule has 0 aromatic rings. The van der Waals surface area contributed by atoms with E-state index in [4.69, 9.17) is 5.11 Å². The summed E-state index contributed by atoms with van der Waals surface area (Å²) in [7, 11) is -1.11. The fourth-order valence-electron chi connectivity index (χ4n) is 1.44. The molecule has 1 heterocycles. The maximum atomic E-state index is 11.7. The van der Waals surface area contributed by atoms with Gasteiger partial charge in [-0.15, -0.1) is 0 Å². The van der Waals surface area contributed by atoms with Crippen molar-refractivity contribution in [2.24, 2.45) is 0 Å². The maximum Gasteiger partial charge on any atom is 0.407 e. The van der Waals surface area contributed by atoms with Crippen LogP contribution in [0.15, 0.2) is 11.8 Å². The van der Waals surface area contributed by atoms with Gasteiger partial charge in [0.2, 0.25) is 0 Å². The summed E-state index contributed by atoms with van der Waals surface area (Å²) in [5.74, 6) is 0. The van der Waals surface area contributed by atoms with Crippen molar-refractivity contribution >= 4 is 17.1 Å². The van der Waals surface area contributed by atoms with E-state index in [0.717, 1.165) is 5.57 Å². The molecular weight excluding hydrogens is 240 g/mol. The zero-order chi connectivity index (χ0) is 13.1. The Morgan fingerprint density at radius 3 is 2.35 bits per heavy atom. The standard InChI is InChI=1S/C11H20N2O3S/c1-11(2,3)17(16)12-8-9-4-6-13(7-5-9)10(14)15/h8,12H,4-7H2,1-3H3,(H,14,15). The zero-order valence-corrected chi connectivity index (χ0v) is 11.3. The largest absolute Gasteiger partial charge is 0.465 e. The number of likely N-dealkylation sites (tertiary alicyclic amines) is 1. The van der Waals surface area contributed by atoms with E-state index in [-0.39, 0.29) is 4.75 Å². The third-order valence-corrected chi connectivity index (χ3v) is 4.05. The third kappa shape index (κ3) is 4.38. The van der Waals surface area contributed by atoms with Crippen LogP contribution in [0.2, 0.25) is 0 Å². The van der Waals surface area contributed by atoms with Gasteiger partial charge in [0.15, 0.2) is 0 Å². The van der Waals surface area contributed by atoms with Crippen LogP contribution >= 0.6 is 0 Å². The molecule has 0 spiro atoms. The van der Waals surface area contributed by atoms with Gasteiger partial charge >= 0.3 is 6.09 Å². The van der Waals surface area contributed by atoms with Crippen molar-refractivity contribution in [2.75, 3.05) is 13.1 Å². The molecule has 6 heteroatoms. The summed E-state index contributed by atoms with van der Waals surface area (Å²) >= 11 is 0. The Morgan fingerprint density at radius 1 is 1.41 bits per heavy atom. The van der Waals surface area contributed by atoms with Crippen LogP contribution in [0.25, 0.3) is 0 Å². The van der Waals surface area contributed by atoms with Crippen LogP contribution in [-0.2, 0) is 11.0 Å². The van der Waals surface area contributed by atoms with E-state index in [1.165, 1.54) is 4.90 Å². The van der Waals surface area contributed by atoms with Gasteiger partial charge in [-0.1, -0.05) is 5.57 Å². The molecule has 98 valence electrons. The predicted molar refractivity (Wildman–Crippen MR) is 67.9 cm³/mol. The van der Waals surface area contributed by atoms with E-state index < -0.39 is 17.1 Å². The van der Waals surface area contributed by atoms with E-state index in [1.807, 2.05) is 20.8 Å². The van der Waals surface area contributed by atoms with Gasteiger partial charge in [0, 0.05) is 19.3 Å². The maximum absolute atomic E-state index is 11.7. The van der Waals surface area contributed by atoms with Crippen molar-refractivity contribution in [2.45, 2.75) is 38.4 Å². The lowest BCUT2D eigenvalue weighted by Gasteiger charge is -2.26. The first-order valence-electron chi connectivity index (χ1n) is 5.64. The average Bonchev–Trinajstić information content (AvgIpc) is 2.25. The first kappa shape index (κ1) is 14.0. The Labute approximate surface area is 104 Å². The van der Waals surface area contributed by atoms with Crippen LogP contribution in [0, 0.1) is 0 Å². The number of carboxylic acid groups (broad SMARTS) is 1. The van der Waals surface area contributed by atoms with Crippen LogP contribution in [-0.4, -0.2) is 38.1 Å². The number of carbonyl (C=O) groups is 1. The monoisotopic (exact) mass is 260 g/mol. The predicted octanol–water partition coefficient (Wildman–Crippen LogP) is 1.70. The minimum absolute atomic E-state index is 0.293. The number of hydrogen-bond donors (Lipinski definition) is 2. The first-order valence-corrected chi connectivity index (χ1v) is 6.79. The minimum Gasteiger partial charge on any atom is -0.465 e. The molecule has 2 N–H and O–H groups in total. The average molecular weight is 260 g/mol. The Balaban J connectivity index is 2.44. The van der Waals surface area contributed by atoms with Crippen LogP contribution < -0.4 is 4.72 Å². The van der Waals surface area contributed by atoms with E-state index in [9.17, 15) is 9.00 Å². The Kier molecular flexibility index (Phi) is 4.56. The molecule has 17 heavy (non-hydrogen) atoms. The minimum atomic E-state index is -1.11. The number of piperidine rings is 1. The van der Waals surface area contributed by atoms with Crippen LogP contribution in [0.5, 0.6) is 0 Å². The summed E-state index contributed by atoms with van der Waals surface area (Å²) in [6, 6.07) is 0. The second-order valence-electron chi connectivity index (χ2n) is 5.07. The van der Waals surface area contributed by atoms with Gasteiger partial charge in [-0.05, 0) is 33.6 Å². The third-order valence-electron chi connectivity index (χ3n) is 2.60. The summed E-state index contributed by atoms with van der Waals surface area (Å²) in [5, 5.41) is 8.79. The van der Waals surface area contributed by atoms with E-state index in [2.05, 4.69) is 4.72 Å². The Morgan fingerprint density at radius 2 is 1.94 bits per heavy atom. The highest BCUT2D eigenvalue weighted by molar-refractivity contribution is 7.84. The molecule has 1 atom stereocenters. The van der Waals surface area contributed by atoms with Crippen molar-refractivity contribution in [3.05, 3.63) is 11.8 Å². The van der Waals surface area contributed by atoms with E-state index in [1.54, 1.807) is 6.20 Å². The highest BCUT2D eigenvalue weighted by Crippen LogP contribution is 2.16. The first-order chi connectivity index (χ1) is 7.80. The molecule has 1 rings (SSSR count). The molecule has 0 bridgehead atoms. The lowest BCUT2D eigenvalue weighted by Crippen LogP contribution is -2.36. The quantitative estimate of drug-likeness (QED) is 0.794.